The lowest BCUT2D eigenvalue weighted by molar-refractivity contribution is 0.0926. The lowest BCUT2D eigenvalue weighted by Crippen LogP contribution is -2.37. The zero-order valence-corrected chi connectivity index (χ0v) is 18.1. The molecule has 29 heavy (non-hydrogen) atoms. The van der Waals surface area contributed by atoms with Crippen molar-refractivity contribution < 1.29 is 13.2 Å². The first kappa shape index (κ1) is 20.4. The molecule has 6 heteroatoms. The molecule has 0 aromatic heterocycles. The number of ether oxygens (including phenoxy) is 1. The molecule has 1 saturated heterocycles. The third kappa shape index (κ3) is 4.49. The summed E-state index contributed by atoms with van der Waals surface area (Å²) in [5.41, 5.74) is 4.55. The van der Waals surface area contributed by atoms with Crippen molar-refractivity contribution in [3.8, 4) is 0 Å². The predicted octanol–water partition coefficient (Wildman–Crippen LogP) is 3.61. The third-order valence-corrected chi connectivity index (χ3v) is 7.76. The van der Waals surface area contributed by atoms with E-state index in [1.165, 1.54) is 11.1 Å². The molecule has 0 radical (unpaired) electrons. The van der Waals surface area contributed by atoms with Crippen LogP contribution in [-0.4, -0.2) is 46.1 Å². The van der Waals surface area contributed by atoms with Gasteiger partial charge in [0.15, 0.2) is 0 Å². The van der Waals surface area contributed by atoms with E-state index in [0.717, 1.165) is 50.0 Å². The molecule has 1 heterocycles. The van der Waals surface area contributed by atoms with Crippen molar-refractivity contribution in [1.29, 1.82) is 0 Å². The van der Waals surface area contributed by atoms with Crippen molar-refractivity contribution in [3.63, 3.8) is 0 Å². The number of benzene rings is 2. The molecule has 5 nitrogen and oxygen atoms in total. The highest BCUT2D eigenvalue weighted by Crippen LogP contribution is 2.28. The number of hydrogen-bond acceptors (Lipinski definition) is 4. The Hall–Kier alpha value is -1.89. The van der Waals surface area contributed by atoms with E-state index in [1.807, 2.05) is 55.4 Å². The summed E-state index contributed by atoms with van der Waals surface area (Å²) in [4.78, 5) is 2.44. The minimum absolute atomic E-state index is 0.0275. The molecular formula is C23H30N2O3S. The topological polar surface area (TPSA) is 49.9 Å². The van der Waals surface area contributed by atoms with E-state index in [-0.39, 0.29) is 6.10 Å². The highest BCUT2D eigenvalue weighted by Gasteiger charge is 2.30. The Bertz CT molecular complexity index is 949. The van der Waals surface area contributed by atoms with Crippen LogP contribution in [-0.2, 0) is 34.1 Å². The summed E-state index contributed by atoms with van der Waals surface area (Å²) >= 11 is 0. The number of fused-ring (bicyclic) bond motifs is 1. The van der Waals surface area contributed by atoms with Gasteiger partial charge in [-0.15, -0.1) is 0 Å². The van der Waals surface area contributed by atoms with Gasteiger partial charge >= 0.3 is 0 Å². The summed E-state index contributed by atoms with van der Waals surface area (Å²) in [7, 11) is 0.402. The molecule has 0 unspecified atom stereocenters. The van der Waals surface area contributed by atoms with E-state index in [0.29, 0.717) is 18.0 Å². The van der Waals surface area contributed by atoms with Gasteiger partial charge in [-0.2, -0.15) is 4.31 Å². The Morgan fingerprint density at radius 3 is 2.45 bits per heavy atom. The highest BCUT2D eigenvalue weighted by molar-refractivity contribution is 7.89. The fraction of sp³-hybridized carbons (Fsp3) is 0.478. The first-order valence-corrected chi connectivity index (χ1v) is 11.9. The number of aryl methyl sites for hydroxylation is 2. The monoisotopic (exact) mass is 414 g/mol. The summed E-state index contributed by atoms with van der Waals surface area (Å²) in [6.07, 6.45) is 5.01. The standard InChI is InChI=1S/C23H30N2O3S/c1-24(2)21-11-8-18(9-12-21)16-25(17-22-7-4-14-28-22)29(26,27)23-13-10-19-5-3-6-20(19)15-23/h8-13,15,22H,3-7,14,16-17H2,1-2H3/t22-/m1/s1. The van der Waals surface area contributed by atoms with Crippen LogP contribution in [0, 0.1) is 0 Å². The van der Waals surface area contributed by atoms with Crippen molar-refractivity contribution in [1.82, 2.24) is 4.31 Å². The average molecular weight is 415 g/mol. The molecule has 2 aromatic carbocycles. The fourth-order valence-corrected chi connectivity index (χ4v) is 5.73. The summed E-state index contributed by atoms with van der Waals surface area (Å²) in [5, 5.41) is 0. The number of rotatable bonds is 7. The van der Waals surface area contributed by atoms with Crippen molar-refractivity contribution in [2.45, 2.75) is 49.6 Å². The van der Waals surface area contributed by atoms with Gasteiger partial charge < -0.3 is 9.64 Å². The van der Waals surface area contributed by atoms with E-state index in [9.17, 15) is 8.42 Å². The zero-order chi connectivity index (χ0) is 20.4. The van der Waals surface area contributed by atoms with Gasteiger partial charge in [-0.25, -0.2) is 8.42 Å². The van der Waals surface area contributed by atoms with Crippen molar-refractivity contribution >= 4 is 15.7 Å². The quantitative estimate of drug-likeness (QED) is 0.695. The normalized spacial score (nSPS) is 18.9. The van der Waals surface area contributed by atoms with Gasteiger partial charge in [-0.3, -0.25) is 0 Å². The molecule has 2 aliphatic rings. The van der Waals surface area contributed by atoms with Gasteiger partial charge in [-0.05, 0) is 73.1 Å². The molecule has 2 aromatic rings. The first-order chi connectivity index (χ1) is 13.9. The van der Waals surface area contributed by atoms with Gasteiger partial charge in [0.2, 0.25) is 10.0 Å². The van der Waals surface area contributed by atoms with Crippen LogP contribution in [0.4, 0.5) is 5.69 Å². The van der Waals surface area contributed by atoms with E-state index in [2.05, 4.69) is 0 Å². The maximum absolute atomic E-state index is 13.6. The summed E-state index contributed by atoms with van der Waals surface area (Å²) in [5.74, 6) is 0. The van der Waals surface area contributed by atoms with E-state index < -0.39 is 10.0 Å². The number of hydrogen-bond donors (Lipinski definition) is 0. The Kier molecular flexibility index (Phi) is 5.95. The Morgan fingerprint density at radius 1 is 1.00 bits per heavy atom. The second-order valence-corrected chi connectivity index (χ2v) is 10.2. The molecule has 1 fully saturated rings. The molecule has 0 amide bonds. The number of sulfonamides is 1. The molecular weight excluding hydrogens is 384 g/mol. The maximum Gasteiger partial charge on any atom is 0.243 e. The van der Waals surface area contributed by atoms with Gasteiger partial charge in [0.1, 0.15) is 0 Å². The van der Waals surface area contributed by atoms with Crippen LogP contribution >= 0.6 is 0 Å². The van der Waals surface area contributed by atoms with Gasteiger partial charge in [0, 0.05) is 39.5 Å². The molecule has 4 rings (SSSR count). The van der Waals surface area contributed by atoms with Crippen molar-refractivity contribution in [3.05, 3.63) is 59.2 Å². The molecule has 156 valence electrons. The van der Waals surface area contributed by atoms with E-state index >= 15 is 0 Å². The lowest BCUT2D eigenvalue weighted by atomic mass is 10.1. The summed E-state index contributed by atoms with van der Waals surface area (Å²) in [6.45, 7) is 1.47. The largest absolute Gasteiger partial charge is 0.378 e. The molecule has 0 saturated carbocycles. The van der Waals surface area contributed by atoms with Crippen molar-refractivity contribution in [2.75, 3.05) is 32.1 Å². The second kappa shape index (κ2) is 8.46. The van der Waals surface area contributed by atoms with Crippen LogP contribution in [0.3, 0.4) is 0 Å². The summed E-state index contributed by atoms with van der Waals surface area (Å²) in [6, 6.07) is 13.7. The van der Waals surface area contributed by atoms with E-state index in [1.54, 1.807) is 10.4 Å². The van der Waals surface area contributed by atoms with Gasteiger partial charge in [-0.1, -0.05) is 18.2 Å². The van der Waals surface area contributed by atoms with Crippen LogP contribution in [0.2, 0.25) is 0 Å². The SMILES string of the molecule is CN(C)c1ccc(CN(C[C@H]2CCCO2)S(=O)(=O)c2ccc3c(c2)CCC3)cc1. The van der Waals surface area contributed by atoms with Crippen LogP contribution in [0.1, 0.15) is 36.0 Å². The predicted molar refractivity (Wildman–Crippen MR) is 116 cm³/mol. The Labute approximate surface area is 174 Å². The molecule has 1 aliphatic heterocycles. The van der Waals surface area contributed by atoms with Crippen LogP contribution < -0.4 is 4.90 Å². The lowest BCUT2D eigenvalue weighted by Gasteiger charge is -2.25. The number of anilines is 1. The maximum atomic E-state index is 13.6. The zero-order valence-electron chi connectivity index (χ0n) is 17.3. The Morgan fingerprint density at radius 2 is 1.76 bits per heavy atom. The van der Waals surface area contributed by atoms with Crippen molar-refractivity contribution in [2.24, 2.45) is 0 Å². The second-order valence-electron chi connectivity index (χ2n) is 8.28. The van der Waals surface area contributed by atoms with Crippen LogP contribution in [0.5, 0.6) is 0 Å². The van der Waals surface area contributed by atoms with Crippen LogP contribution in [0.25, 0.3) is 0 Å². The first-order valence-electron chi connectivity index (χ1n) is 10.4. The average Bonchev–Trinajstić information content (AvgIpc) is 3.39. The smallest absolute Gasteiger partial charge is 0.243 e. The van der Waals surface area contributed by atoms with E-state index in [4.69, 9.17) is 4.74 Å². The molecule has 1 atom stereocenters. The highest BCUT2D eigenvalue weighted by atomic mass is 32.2. The van der Waals surface area contributed by atoms with Gasteiger partial charge in [0.25, 0.3) is 0 Å². The fourth-order valence-electron chi connectivity index (χ4n) is 4.22. The van der Waals surface area contributed by atoms with Crippen LogP contribution in [0.15, 0.2) is 47.4 Å². The van der Waals surface area contributed by atoms with Gasteiger partial charge in [0.05, 0.1) is 11.0 Å². The Balaban J connectivity index is 1.61. The minimum Gasteiger partial charge on any atom is -0.378 e. The third-order valence-electron chi connectivity index (χ3n) is 5.95. The summed E-state index contributed by atoms with van der Waals surface area (Å²) < 4.78 is 34.5. The molecule has 0 N–H and O–H groups in total. The number of nitrogens with zero attached hydrogens (tertiary/aromatic N) is 2. The molecule has 1 aliphatic carbocycles. The molecule has 0 spiro atoms. The molecule has 0 bridgehead atoms. The minimum atomic E-state index is -3.59.